The number of rotatable bonds is 1. The second-order valence-corrected chi connectivity index (χ2v) is 7.49. The number of piperidine rings is 1. The van der Waals surface area contributed by atoms with Gasteiger partial charge in [0.15, 0.2) is 5.60 Å². The van der Waals surface area contributed by atoms with Crippen LogP contribution in [-0.4, -0.2) is 40.6 Å². The summed E-state index contributed by atoms with van der Waals surface area (Å²) in [5, 5.41) is 10.3. The van der Waals surface area contributed by atoms with Crippen molar-refractivity contribution in [3.05, 3.63) is 22.3 Å². The fourth-order valence-electron chi connectivity index (χ4n) is 3.84. The Hall–Kier alpha value is -1.46. The lowest BCUT2D eigenvalue weighted by atomic mass is 9.86. The topological polar surface area (TPSA) is 75.8 Å². The van der Waals surface area contributed by atoms with E-state index in [1.807, 2.05) is 32.6 Å². The predicted octanol–water partition coefficient (Wildman–Crippen LogP) is 2.77. The summed E-state index contributed by atoms with van der Waals surface area (Å²) in [7, 11) is 0. The zero-order chi connectivity index (χ0) is 17.6. The van der Waals surface area contributed by atoms with Crippen LogP contribution >= 0.6 is 12.4 Å². The average molecular weight is 369 g/mol. The molecule has 3 N–H and O–H groups in total. The number of ether oxygens (including phenoxy) is 1. The first-order valence-corrected chi connectivity index (χ1v) is 8.80. The van der Waals surface area contributed by atoms with Gasteiger partial charge in [-0.1, -0.05) is 0 Å². The average Bonchev–Trinajstić information content (AvgIpc) is 2.58. The summed E-state index contributed by atoms with van der Waals surface area (Å²) in [6.07, 6.45) is 3.07. The van der Waals surface area contributed by atoms with Gasteiger partial charge in [-0.3, -0.25) is 4.79 Å². The van der Waals surface area contributed by atoms with Gasteiger partial charge in [0, 0.05) is 31.1 Å². The Morgan fingerprint density at radius 2 is 1.80 bits per heavy atom. The first kappa shape index (κ1) is 19.9. The molecule has 0 aromatic heterocycles. The number of phenols is 1. The van der Waals surface area contributed by atoms with E-state index in [1.54, 1.807) is 0 Å². The Morgan fingerprint density at radius 3 is 2.40 bits per heavy atom. The maximum atomic E-state index is 13.1. The molecular weight excluding hydrogens is 340 g/mol. The van der Waals surface area contributed by atoms with E-state index >= 15 is 0 Å². The molecule has 0 bridgehead atoms. The van der Waals surface area contributed by atoms with E-state index in [0.29, 0.717) is 25.3 Å². The Labute approximate surface area is 155 Å². The molecule has 2 aliphatic rings. The van der Waals surface area contributed by atoms with E-state index in [0.717, 1.165) is 47.3 Å². The van der Waals surface area contributed by atoms with Crippen molar-refractivity contribution < 1.29 is 14.6 Å². The van der Waals surface area contributed by atoms with Crippen LogP contribution in [0.1, 0.15) is 48.4 Å². The zero-order valence-electron chi connectivity index (χ0n) is 15.5. The minimum atomic E-state index is -0.838. The van der Waals surface area contributed by atoms with Crippen molar-refractivity contribution in [2.24, 2.45) is 5.73 Å². The molecule has 5 nitrogen and oxygen atoms in total. The normalized spacial score (nSPS) is 23.5. The Bertz CT molecular complexity index is 684. The van der Waals surface area contributed by atoms with E-state index < -0.39 is 5.60 Å². The third-order valence-electron chi connectivity index (χ3n) is 5.80. The molecule has 3 rings (SSSR count). The first-order valence-electron chi connectivity index (χ1n) is 8.80. The number of benzene rings is 1. The molecular formula is C19H29ClN2O3. The highest BCUT2D eigenvalue weighted by Crippen LogP contribution is 2.43. The number of hydrogen-bond acceptors (Lipinski definition) is 4. The molecule has 6 heteroatoms. The maximum Gasteiger partial charge on any atom is 0.266 e. The van der Waals surface area contributed by atoms with Crippen molar-refractivity contribution in [1.82, 2.24) is 4.90 Å². The van der Waals surface area contributed by atoms with Crippen LogP contribution in [0.5, 0.6) is 11.5 Å². The van der Waals surface area contributed by atoms with Gasteiger partial charge in [0.1, 0.15) is 11.5 Å². The molecule has 0 radical (unpaired) electrons. The van der Waals surface area contributed by atoms with Gasteiger partial charge >= 0.3 is 0 Å². The second-order valence-electron chi connectivity index (χ2n) is 7.49. The summed E-state index contributed by atoms with van der Waals surface area (Å²) in [4.78, 5) is 14.9. The number of amides is 1. The Kier molecular flexibility index (Phi) is 5.59. The van der Waals surface area contributed by atoms with E-state index in [4.69, 9.17) is 10.5 Å². The monoisotopic (exact) mass is 368 g/mol. The molecule has 1 saturated heterocycles. The van der Waals surface area contributed by atoms with Gasteiger partial charge in [-0.15, -0.1) is 12.4 Å². The number of phenolic OH excluding ortho intramolecular Hbond substituents is 1. The van der Waals surface area contributed by atoms with Crippen LogP contribution in [0.2, 0.25) is 0 Å². The summed E-state index contributed by atoms with van der Waals surface area (Å²) < 4.78 is 6.28. The largest absolute Gasteiger partial charge is 0.507 e. The van der Waals surface area contributed by atoms with Gasteiger partial charge in [-0.05, 0) is 63.6 Å². The van der Waals surface area contributed by atoms with E-state index in [9.17, 15) is 9.90 Å². The minimum Gasteiger partial charge on any atom is -0.507 e. The van der Waals surface area contributed by atoms with Gasteiger partial charge in [0.2, 0.25) is 0 Å². The van der Waals surface area contributed by atoms with Crippen molar-refractivity contribution in [1.29, 1.82) is 0 Å². The molecule has 0 saturated carbocycles. The maximum absolute atomic E-state index is 13.1. The SMILES string of the molecule is Cc1c(C)c2c(c(C)c1O)CCC(C)(C(=O)N1CCC(N)CC1)O2.Cl. The number of aromatic hydroxyl groups is 1. The molecule has 1 aromatic rings. The van der Waals surface area contributed by atoms with Crippen LogP contribution in [-0.2, 0) is 11.2 Å². The van der Waals surface area contributed by atoms with E-state index in [1.165, 1.54) is 0 Å². The summed E-state index contributed by atoms with van der Waals surface area (Å²) in [5.74, 6) is 1.18. The lowest BCUT2D eigenvalue weighted by molar-refractivity contribution is -0.149. The molecule has 1 fully saturated rings. The molecule has 0 aliphatic carbocycles. The quantitative estimate of drug-likeness (QED) is 0.799. The van der Waals surface area contributed by atoms with Crippen LogP contribution in [0.15, 0.2) is 0 Å². The summed E-state index contributed by atoms with van der Waals surface area (Å²) in [5.41, 5.74) is 8.75. The van der Waals surface area contributed by atoms with Crippen molar-refractivity contribution in [3.63, 3.8) is 0 Å². The zero-order valence-corrected chi connectivity index (χ0v) is 16.3. The lowest BCUT2D eigenvalue weighted by Gasteiger charge is -2.41. The highest BCUT2D eigenvalue weighted by Gasteiger charge is 2.43. The number of carbonyl (C=O) groups is 1. The highest BCUT2D eigenvalue weighted by atomic mass is 35.5. The number of nitrogens with zero attached hydrogens (tertiary/aromatic N) is 1. The summed E-state index contributed by atoms with van der Waals surface area (Å²) in [6, 6.07) is 0.199. The van der Waals surface area contributed by atoms with Gasteiger partial charge in [-0.2, -0.15) is 0 Å². The first-order chi connectivity index (χ1) is 11.2. The van der Waals surface area contributed by atoms with Crippen LogP contribution in [0.25, 0.3) is 0 Å². The van der Waals surface area contributed by atoms with Crippen LogP contribution in [0, 0.1) is 20.8 Å². The van der Waals surface area contributed by atoms with Crippen molar-refractivity contribution in [2.75, 3.05) is 13.1 Å². The number of fused-ring (bicyclic) bond motifs is 1. The third kappa shape index (κ3) is 3.32. The standard InChI is InChI=1S/C19H28N2O3.ClH/c1-11-12(2)17-15(13(3)16(11)22)5-8-19(4,24-17)18(23)21-9-6-14(20)7-10-21;/h14,22H,5-10,20H2,1-4H3;1H. The van der Waals surface area contributed by atoms with Crippen LogP contribution < -0.4 is 10.5 Å². The fourth-order valence-corrected chi connectivity index (χ4v) is 3.84. The van der Waals surface area contributed by atoms with Crippen LogP contribution in [0.3, 0.4) is 0 Å². The number of likely N-dealkylation sites (tertiary alicyclic amines) is 1. The van der Waals surface area contributed by atoms with Gasteiger partial charge in [-0.25, -0.2) is 0 Å². The molecule has 2 aliphatic heterocycles. The fraction of sp³-hybridized carbons (Fsp3) is 0.632. The molecule has 25 heavy (non-hydrogen) atoms. The van der Waals surface area contributed by atoms with Crippen molar-refractivity contribution >= 4 is 18.3 Å². The van der Waals surface area contributed by atoms with Crippen molar-refractivity contribution in [3.8, 4) is 11.5 Å². The molecule has 1 unspecified atom stereocenters. The number of hydrogen-bond donors (Lipinski definition) is 2. The summed E-state index contributed by atoms with van der Waals surface area (Å²) >= 11 is 0. The molecule has 1 atom stereocenters. The molecule has 140 valence electrons. The highest BCUT2D eigenvalue weighted by molar-refractivity contribution is 5.86. The molecule has 2 heterocycles. The minimum absolute atomic E-state index is 0. The molecule has 1 aromatic carbocycles. The summed E-state index contributed by atoms with van der Waals surface area (Å²) in [6.45, 7) is 9.06. The number of nitrogens with two attached hydrogens (primary N) is 1. The molecule has 1 amide bonds. The Morgan fingerprint density at radius 1 is 1.20 bits per heavy atom. The van der Waals surface area contributed by atoms with E-state index in [2.05, 4.69) is 0 Å². The molecule has 0 spiro atoms. The third-order valence-corrected chi connectivity index (χ3v) is 5.80. The smallest absolute Gasteiger partial charge is 0.266 e. The second kappa shape index (κ2) is 7.04. The number of halogens is 1. The number of carbonyl (C=O) groups excluding carboxylic acids is 1. The van der Waals surface area contributed by atoms with E-state index in [-0.39, 0.29) is 24.4 Å². The lowest BCUT2D eigenvalue weighted by Crippen LogP contribution is -2.55. The van der Waals surface area contributed by atoms with Gasteiger partial charge < -0.3 is 20.5 Å². The Balaban J connectivity index is 0.00000225. The predicted molar refractivity (Wildman–Crippen MR) is 101 cm³/mol. The van der Waals surface area contributed by atoms with Crippen LogP contribution in [0.4, 0.5) is 0 Å². The van der Waals surface area contributed by atoms with Crippen molar-refractivity contribution in [2.45, 2.75) is 65.0 Å². The van der Waals surface area contributed by atoms with Gasteiger partial charge in [0.25, 0.3) is 5.91 Å². The van der Waals surface area contributed by atoms with Gasteiger partial charge in [0.05, 0.1) is 0 Å².